The van der Waals surface area contributed by atoms with Crippen molar-refractivity contribution in [1.82, 2.24) is 14.8 Å². The van der Waals surface area contributed by atoms with Crippen LogP contribution in [0.2, 0.25) is 0 Å². The third kappa shape index (κ3) is 3.97. The molecule has 2 aliphatic rings. The summed E-state index contributed by atoms with van der Waals surface area (Å²) in [7, 11) is 0. The molecule has 1 saturated heterocycles. The lowest BCUT2D eigenvalue weighted by atomic mass is 10.2. The Bertz CT molecular complexity index is 1170. The SMILES string of the molecule is N/C(=N/c1ccccn1)N1CCN(/C=C2/N=C(c3cc4ccccc4o3)OC2=O)CC1. The van der Waals surface area contributed by atoms with E-state index in [0.717, 1.165) is 11.0 Å². The number of guanidine groups is 1. The Hall–Kier alpha value is -4.14. The standard InChI is InChI=1S/C22H20N6O3/c23-22(26-19-7-3-4-8-24-19)28-11-9-27(10-12-28)14-16-21(29)31-20(25-16)18-13-15-5-1-2-6-17(15)30-18/h1-8,13-14H,9-12H2,(H2,23,24,26)/b16-14+. The molecule has 1 aromatic carbocycles. The fourth-order valence-corrected chi connectivity index (χ4v) is 3.45. The van der Waals surface area contributed by atoms with Crippen LogP contribution in [0.25, 0.3) is 11.0 Å². The van der Waals surface area contributed by atoms with Crippen molar-refractivity contribution in [2.45, 2.75) is 0 Å². The van der Waals surface area contributed by atoms with Crippen molar-refractivity contribution >= 4 is 34.6 Å². The maximum absolute atomic E-state index is 12.3. The number of hydrogen-bond donors (Lipinski definition) is 1. The van der Waals surface area contributed by atoms with Gasteiger partial charge in [-0.2, -0.15) is 4.99 Å². The van der Waals surface area contributed by atoms with Gasteiger partial charge in [0.1, 0.15) is 5.58 Å². The molecule has 0 radical (unpaired) electrons. The molecule has 156 valence electrons. The van der Waals surface area contributed by atoms with Gasteiger partial charge in [-0.3, -0.25) is 0 Å². The number of carbonyl (C=O) groups is 1. The van der Waals surface area contributed by atoms with Crippen LogP contribution in [-0.4, -0.2) is 58.8 Å². The normalized spacial score (nSPS) is 18.6. The number of pyridine rings is 1. The summed E-state index contributed by atoms with van der Waals surface area (Å²) in [5.41, 5.74) is 7.09. The molecule has 2 aromatic heterocycles. The van der Waals surface area contributed by atoms with E-state index in [2.05, 4.69) is 15.0 Å². The van der Waals surface area contributed by atoms with Gasteiger partial charge in [0, 0.05) is 44.0 Å². The van der Waals surface area contributed by atoms with E-state index < -0.39 is 5.97 Å². The second-order valence-electron chi connectivity index (χ2n) is 7.15. The lowest BCUT2D eigenvalue weighted by Gasteiger charge is -2.34. The third-order valence-electron chi connectivity index (χ3n) is 5.08. The van der Waals surface area contributed by atoms with Crippen LogP contribution in [0.15, 0.2) is 81.0 Å². The molecule has 0 spiro atoms. The van der Waals surface area contributed by atoms with Crippen LogP contribution < -0.4 is 5.73 Å². The molecule has 9 heteroatoms. The van der Waals surface area contributed by atoms with E-state index in [9.17, 15) is 4.79 Å². The molecule has 0 saturated carbocycles. The number of para-hydroxylation sites is 1. The molecule has 0 unspecified atom stereocenters. The molecule has 4 heterocycles. The molecule has 0 bridgehead atoms. The van der Waals surface area contributed by atoms with Crippen LogP contribution in [-0.2, 0) is 9.53 Å². The minimum atomic E-state index is -0.492. The van der Waals surface area contributed by atoms with E-state index in [1.807, 2.05) is 52.3 Å². The molecule has 0 aliphatic carbocycles. The summed E-state index contributed by atoms with van der Waals surface area (Å²) in [6, 6.07) is 14.9. The third-order valence-corrected chi connectivity index (χ3v) is 5.08. The molecule has 2 aliphatic heterocycles. The Balaban J connectivity index is 1.26. The van der Waals surface area contributed by atoms with Crippen molar-refractivity contribution in [3.63, 3.8) is 0 Å². The first kappa shape index (κ1) is 18.9. The Labute approximate surface area is 178 Å². The van der Waals surface area contributed by atoms with Gasteiger partial charge in [-0.1, -0.05) is 24.3 Å². The number of carbonyl (C=O) groups excluding carboxylic acids is 1. The zero-order valence-corrected chi connectivity index (χ0v) is 16.6. The van der Waals surface area contributed by atoms with E-state index >= 15 is 0 Å². The van der Waals surface area contributed by atoms with Gasteiger partial charge >= 0.3 is 5.97 Å². The Morgan fingerprint density at radius 3 is 2.68 bits per heavy atom. The zero-order valence-electron chi connectivity index (χ0n) is 16.6. The number of piperazine rings is 1. The van der Waals surface area contributed by atoms with E-state index in [4.69, 9.17) is 14.9 Å². The largest absolute Gasteiger partial charge is 0.451 e. The number of rotatable bonds is 3. The van der Waals surface area contributed by atoms with Crippen LogP contribution in [0.4, 0.5) is 5.82 Å². The molecule has 3 aromatic rings. The second kappa shape index (κ2) is 7.94. The fourth-order valence-electron chi connectivity index (χ4n) is 3.45. The zero-order chi connectivity index (χ0) is 21.2. The molecule has 9 nitrogen and oxygen atoms in total. The molecular formula is C22H20N6O3. The van der Waals surface area contributed by atoms with Gasteiger partial charge in [0.15, 0.2) is 23.2 Å². The van der Waals surface area contributed by atoms with Gasteiger partial charge < -0.3 is 24.7 Å². The highest BCUT2D eigenvalue weighted by Crippen LogP contribution is 2.23. The maximum Gasteiger partial charge on any atom is 0.365 e. The van der Waals surface area contributed by atoms with E-state index in [-0.39, 0.29) is 11.6 Å². The van der Waals surface area contributed by atoms with Gasteiger partial charge in [-0.15, -0.1) is 0 Å². The van der Waals surface area contributed by atoms with Crippen LogP contribution in [0.1, 0.15) is 5.76 Å². The summed E-state index contributed by atoms with van der Waals surface area (Å²) in [4.78, 5) is 29.2. The van der Waals surface area contributed by atoms with Crippen LogP contribution >= 0.6 is 0 Å². The van der Waals surface area contributed by atoms with Crippen molar-refractivity contribution in [2.75, 3.05) is 26.2 Å². The van der Waals surface area contributed by atoms with Gasteiger partial charge in [-0.25, -0.2) is 14.8 Å². The predicted molar refractivity (Wildman–Crippen MR) is 116 cm³/mol. The first-order valence-electron chi connectivity index (χ1n) is 9.91. The van der Waals surface area contributed by atoms with Crippen LogP contribution in [0.3, 0.4) is 0 Å². The average molecular weight is 416 g/mol. The molecule has 0 amide bonds. The van der Waals surface area contributed by atoms with Crippen LogP contribution in [0.5, 0.6) is 0 Å². The summed E-state index contributed by atoms with van der Waals surface area (Å²) in [5.74, 6) is 1.12. The maximum atomic E-state index is 12.3. The first-order chi connectivity index (χ1) is 15.2. The second-order valence-corrected chi connectivity index (χ2v) is 7.15. The molecule has 31 heavy (non-hydrogen) atoms. The average Bonchev–Trinajstić information content (AvgIpc) is 3.38. The number of benzene rings is 1. The van der Waals surface area contributed by atoms with Crippen molar-refractivity contribution in [1.29, 1.82) is 0 Å². The van der Waals surface area contributed by atoms with Crippen molar-refractivity contribution in [2.24, 2.45) is 15.7 Å². The number of cyclic esters (lactones) is 1. The van der Waals surface area contributed by atoms with Crippen molar-refractivity contribution < 1.29 is 13.9 Å². The predicted octanol–water partition coefficient (Wildman–Crippen LogP) is 2.24. The van der Waals surface area contributed by atoms with E-state index in [1.165, 1.54) is 0 Å². The Kier molecular flexibility index (Phi) is 4.83. The lowest BCUT2D eigenvalue weighted by Crippen LogP contribution is -2.49. The summed E-state index contributed by atoms with van der Waals surface area (Å²) < 4.78 is 11.1. The Morgan fingerprint density at radius 2 is 1.90 bits per heavy atom. The quantitative estimate of drug-likeness (QED) is 0.302. The van der Waals surface area contributed by atoms with Gasteiger partial charge in [0.2, 0.25) is 0 Å². The molecule has 1 fully saturated rings. The first-order valence-corrected chi connectivity index (χ1v) is 9.91. The van der Waals surface area contributed by atoms with Gasteiger partial charge in [0.05, 0.1) is 0 Å². The lowest BCUT2D eigenvalue weighted by molar-refractivity contribution is -0.130. The monoisotopic (exact) mass is 416 g/mol. The number of furan rings is 1. The minimum absolute atomic E-state index is 0.179. The van der Waals surface area contributed by atoms with Gasteiger partial charge in [-0.05, 0) is 24.3 Å². The topological polar surface area (TPSA) is 110 Å². The molecular weight excluding hydrogens is 396 g/mol. The number of aromatic nitrogens is 1. The minimum Gasteiger partial charge on any atom is -0.451 e. The number of ether oxygens (including phenoxy) is 1. The molecule has 2 N–H and O–H groups in total. The smallest absolute Gasteiger partial charge is 0.365 e. The highest BCUT2D eigenvalue weighted by molar-refractivity contribution is 6.11. The van der Waals surface area contributed by atoms with E-state index in [1.54, 1.807) is 18.5 Å². The van der Waals surface area contributed by atoms with Gasteiger partial charge in [0.25, 0.3) is 5.90 Å². The summed E-state index contributed by atoms with van der Waals surface area (Å²) >= 11 is 0. The molecule has 0 atom stereocenters. The fraction of sp³-hybridized carbons (Fsp3) is 0.182. The number of esters is 1. The number of nitrogens with zero attached hydrogens (tertiary/aromatic N) is 5. The molecule has 5 rings (SSSR count). The number of fused-ring (bicyclic) bond motifs is 1. The van der Waals surface area contributed by atoms with Crippen molar-refractivity contribution in [3.8, 4) is 0 Å². The van der Waals surface area contributed by atoms with Crippen molar-refractivity contribution in [3.05, 3.63) is 72.4 Å². The van der Waals surface area contributed by atoms with E-state index in [0.29, 0.717) is 43.7 Å². The van der Waals surface area contributed by atoms with Crippen LogP contribution in [0, 0.1) is 0 Å². The highest BCUT2D eigenvalue weighted by Gasteiger charge is 2.28. The highest BCUT2D eigenvalue weighted by atomic mass is 16.6. The summed E-state index contributed by atoms with van der Waals surface area (Å²) in [5, 5.41) is 0.926. The number of hydrogen-bond acceptors (Lipinski definition) is 7. The number of aliphatic imine (C=N–C) groups is 2. The summed E-state index contributed by atoms with van der Waals surface area (Å²) in [6.45, 7) is 2.68. The number of nitrogens with two attached hydrogens (primary N) is 1. The Morgan fingerprint density at radius 1 is 1.10 bits per heavy atom. The summed E-state index contributed by atoms with van der Waals surface area (Å²) in [6.07, 6.45) is 3.40.